The Morgan fingerprint density at radius 1 is 1.00 bits per heavy atom. The highest BCUT2D eigenvalue weighted by atomic mass is 14.7. The van der Waals surface area contributed by atoms with Gasteiger partial charge in [-0.1, -0.05) is 13.3 Å². The molecule has 0 saturated heterocycles. The van der Waals surface area contributed by atoms with Crippen molar-refractivity contribution in [1.29, 1.82) is 0 Å². The minimum absolute atomic E-state index is 0.561. The Bertz CT molecular complexity index is 319. The molecule has 4 fully saturated rings. The lowest BCUT2D eigenvalue weighted by molar-refractivity contribution is -0.124. The van der Waals surface area contributed by atoms with Gasteiger partial charge >= 0.3 is 0 Å². The summed E-state index contributed by atoms with van der Waals surface area (Å²) in [7, 11) is 0. The quantitative estimate of drug-likeness (QED) is 0.737. The minimum Gasteiger partial charge on any atom is -0.330 e. The minimum atomic E-state index is 0.561. The molecule has 0 aromatic heterocycles. The second-order valence-electron chi connectivity index (χ2n) is 7.96. The molecule has 0 aromatic carbocycles. The Hall–Kier alpha value is -0.0400. The summed E-state index contributed by atoms with van der Waals surface area (Å²) in [5, 5.41) is 0. The molecule has 4 saturated carbocycles. The molecule has 96 valence electrons. The van der Waals surface area contributed by atoms with Crippen molar-refractivity contribution in [2.24, 2.45) is 46.7 Å². The first kappa shape index (κ1) is 10.8. The van der Waals surface area contributed by atoms with Crippen molar-refractivity contribution in [3.05, 3.63) is 0 Å². The van der Waals surface area contributed by atoms with Gasteiger partial charge in [0, 0.05) is 0 Å². The lowest BCUT2D eigenvalue weighted by atomic mass is 9.43. The molecule has 7 atom stereocenters. The van der Waals surface area contributed by atoms with Crippen LogP contribution >= 0.6 is 0 Å². The Kier molecular flexibility index (Phi) is 2.23. The SMILES string of the molecule is CC1CC2(CN)CC3CCC4CC1C(C2)C3C4. The molecule has 0 heterocycles. The Labute approximate surface area is 106 Å². The van der Waals surface area contributed by atoms with Gasteiger partial charge in [-0.25, -0.2) is 0 Å². The fourth-order valence-corrected chi connectivity index (χ4v) is 6.58. The van der Waals surface area contributed by atoms with Crippen LogP contribution in [0, 0.1) is 40.9 Å². The Morgan fingerprint density at radius 2 is 1.82 bits per heavy atom. The summed E-state index contributed by atoms with van der Waals surface area (Å²) in [6.45, 7) is 3.50. The van der Waals surface area contributed by atoms with Gasteiger partial charge in [-0.05, 0) is 86.0 Å². The molecule has 4 aliphatic rings. The lowest BCUT2D eigenvalue weighted by Crippen LogP contribution is -2.56. The van der Waals surface area contributed by atoms with Crippen molar-refractivity contribution in [2.75, 3.05) is 6.54 Å². The van der Waals surface area contributed by atoms with Crippen molar-refractivity contribution < 1.29 is 0 Å². The molecule has 0 radical (unpaired) electrons. The van der Waals surface area contributed by atoms with E-state index in [1.165, 1.54) is 32.1 Å². The topological polar surface area (TPSA) is 26.0 Å². The summed E-state index contributed by atoms with van der Waals surface area (Å²) in [4.78, 5) is 0. The first-order valence-electron chi connectivity index (χ1n) is 7.91. The maximum atomic E-state index is 6.19. The van der Waals surface area contributed by atoms with E-state index in [1.54, 1.807) is 12.8 Å². The number of hydrogen-bond acceptors (Lipinski definition) is 1. The van der Waals surface area contributed by atoms with Gasteiger partial charge in [0.05, 0.1) is 0 Å². The number of nitrogens with two attached hydrogens (primary N) is 1. The molecule has 4 bridgehead atoms. The van der Waals surface area contributed by atoms with Crippen LogP contribution in [0.25, 0.3) is 0 Å². The van der Waals surface area contributed by atoms with Crippen molar-refractivity contribution >= 4 is 0 Å². The van der Waals surface area contributed by atoms with Crippen molar-refractivity contribution in [1.82, 2.24) is 0 Å². The molecule has 1 nitrogen and oxygen atoms in total. The van der Waals surface area contributed by atoms with E-state index >= 15 is 0 Å². The van der Waals surface area contributed by atoms with Crippen LogP contribution in [-0.4, -0.2) is 6.54 Å². The van der Waals surface area contributed by atoms with Crippen LogP contribution in [-0.2, 0) is 0 Å². The molecule has 7 unspecified atom stereocenters. The average molecular weight is 233 g/mol. The molecular formula is C16H27N. The van der Waals surface area contributed by atoms with Gasteiger partial charge in [-0.3, -0.25) is 0 Å². The van der Waals surface area contributed by atoms with E-state index in [1.807, 2.05) is 0 Å². The summed E-state index contributed by atoms with van der Waals surface area (Å²) in [5.41, 5.74) is 6.75. The Morgan fingerprint density at radius 3 is 2.65 bits per heavy atom. The molecule has 0 aliphatic heterocycles. The van der Waals surface area contributed by atoms with Gasteiger partial charge in [0.1, 0.15) is 0 Å². The van der Waals surface area contributed by atoms with Crippen LogP contribution in [0.1, 0.15) is 51.9 Å². The van der Waals surface area contributed by atoms with E-state index in [2.05, 4.69) is 6.92 Å². The normalized spacial score (nSPS) is 60.4. The average Bonchev–Trinajstić information content (AvgIpc) is 2.36. The van der Waals surface area contributed by atoms with Crippen LogP contribution in [0.2, 0.25) is 0 Å². The molecule has 0 aromatic rings. The second kappa shape index (κ2) is 3.50. The van der Waals surface area contributed by atoms with Gasteiger partial charge in [0.15, 0.2) is 0 Å². The summed E-state index contributed by atoms with van der Waals surface area (Å²) in [6, 6.07) is 0. The van der Waals surface area contributed by atoms with Gasteiger partial charge in [-0.2, -0.15) is 0 Å². The largest absolute Gasteiger partial charge is 0.330 e. The first-order valence-corrected chi connectivity index (χ1v) is 7.91. The van der Waals surface area contributed by atoms with Gasteiger partial charge in [0.25, 0.3) is 0 Å². The molecule has 0 amide bonds. The maximum absolute atomic E-state index is 6.19. The highest BCUT2D eigenvalue weighted by Crippen LogP contribution is 2.64. The van der Waals surface area contributed by atoms with E-state index in [0.717, 1.165) is 42.1 Å². The molecule has 4 rings (SSSR count). The van der Waals surface area contributed by atoms with Crippen molar-refractivity contribution in [2.45, 2.75) is 51.9 Å². The highest BCUT2D eigenvalue weighted by Gasteiger charge is 2.56. The monoisotopic (exact) mass is 233 g/mol. The van der Waals surface area contributed by atoms with E-state index in [4.69, 9.17) is 5.73 Å². The van der Waals surface area contributed by atoms with Crippen molar-refractivity contribution in [3.8, 4) is 0 Å². The van der Waals surface area contributed by atoms with E-state index in [9.17, 15) is 0 Å². The summed E-state index contributed by atoms with van der Waals surface area (Å²) < 4.78 is 0. The summed E-state index contributed by atoms with van der Waals surface area (Å²) in [6.07, 6.45) is 10.6. The summed E-state index contributed by atoms with van der Waals surface area (Å²) in [5.74, 6) is 6.36. The predicted octanol–water partition coefficient (Wildman–Crippen LogP) is 3.43. The standard InChI is InChI=1S/C16H27N/c1-10-6-16(9-17)7-12-3-2-11-4-13(10)15(8-16)14(12)5-11/h10-15H,2-9,17H2,1H3. The van der Waals surface area contributed by atoms with Crippen LogP contribution in [0.4, 0.5) is 0 Å². The zero-order chi connectivity index (χ0) is 11.6. The van der Waals surface area contributed by atoms with Gasteiger partial charge in [0.2, 0.25) is 0 Å². The van der Waals surface area contributed by atoms with Crippen LogP contribution in [0.5, 0.6) is 0 Å². The molecule has 1 heteroatoms. The zero-order valence-electron chi connectivity index (χ0n) is 11.2. The first-order chi connectivity index (χ1) is 8.21. The molecule has 17 heavy (non-hydrogen) atoms. The number of hydrogen-bond donors (Lipinski definition) is 1. The van der Waals surface area contributed by atoms with Crippen molar-refractivity contribution in [3.63, 3.8) is 0 Å². The molecule has 4 aliphatic carbocycles. The molecule has 2 N–H and O–H groups in total. The summed E-state index contributed by atoms with van der Waals surface area (Å²) >= 11 is 0. The van der Waals surface area contributed by atoms with E-state index < -0.39 is 0 Å². The highest BCUT2D eigenvalue weighted by molar-refractivity contribution is 5.06. The van der Waals surface area contributed by atoms with E-state index in [-0.39, 0.29) is 0 Å². The van der Waals surface area contributed by atoms with E-state index in [0.29, 0.717) is 5.41 Å². The second-order valence-corrected chi connectivity index (χ2v) is 7.96. The number of rotatable bonds is 1. The van der Waals surface area contributed by atoms with Gasteiger partial charge < -0.3 is 5.73 Å². The van der Waals surface area contributed by atoms with Crippen LogP contribution in [0.15, 0.2) is 0 Å². The third-order valence-electron chi connectivity index (χ3n) is 7.14. The Balaban J connectivity index is 1.73. The fourth-order valence-electron chi connectivity index (χ4n) is 6.58. The predicted molar refractivity (Wildman–Crippen MR) is 70.4 cm³/mol. The zero-order valence-corrected chi connectivity index (χ0v) is 11.2. The fraction of sp³-hybridized carbons (Fsp3) is 1.00. The smallest absolute Gasteiger partial charge is 0.00202 e. The molecule has 0 spiro atoms. The van der Waals surface area contributed by atoms with Crippen LogP contribution in [0.3, 0.4) is 0 Å². The maximum Gasteiger partial charge on any atom is -0.00202 e. The number of fused-ring (bicyclic) bond motifs is 2. The lowest BCUT2D eigenvalue weighted by Gasteiger charge is -2.62. The third-order valence-corrected chi connectivity index (χ3v) is 7.14. The van der Waals surface area contributed by atoms with Crippen LogP contribution < -0.4 is 5.73 Å². The third kappa shape index (κ3) is 1.41. The molecular weight excluding hydrogens is 206 g/mol. The van der Waals surface area contributed by atoms with Gasteiger partial charge in [-0.15, -0.1) is 0 Å².